The van der Waals surface area contributed by atoms with E-state index in [9.17, 15) is 4.11 Å². The van der Waals surface area contributed by atoms with Gasteiger partial charge in [-0.15, -0.1) is 0 Å². The topological polar surface area (TPSA) is 0 Å². The lowest BCUT2D eigenvalue weighted by Gasteiger charge is -2.10. The maximum absolute atomic E-state index is 13.4. The Morgan fingerprint density at radius 3 is 2.00 bits per heavy atom. The fraction of sp³-hybridized carbons (Fsp3) is 0.250. The zero-order chi connectivity index (χ0) is 8.48. The molecule has 0 radical (unpaired) electrons. The average molecular weight is 233 g/mol. The van der Waals surface area contributed by atoms with Crippen molar-refractivity contribution in [3.05, 3.63) is 28.7 Å². The first-order valence-electron chi connectivity index (χ1n) is 3.45. The van der Waals surface area contributed by atoms with Gasteiger partial charge in [0, 0.05) is 4.47 Å². The maximum Gasteiger partial charge on any atom is 0.271 e. The first kappa shape index (κ1) is 8.94. The Kier molecular flexibility index (Phi) is 2.49. The highest BCUT2D eigenvalue weighted by molar-refractivity contribution is 9.10. The fourth-order valence-corrected chi connectivity index (χ4v) is 2.07. The van der Waals surface area contributed by atoms with E-state index in [-0.39, 0.29) is 0 Å². The zero-order valence-corrected chi connectivity index (χ0v) is 9.15. The number of hydrogen-bond acceptors (Lipinski definition) is 0. The molecule has 0 aromatic heterocycles. The molecule has 11 heavy (non-hydrogen) atoms. The van der Waals surface area contributed by atoms with Crippen molar-refractivity contribution < 1.29 is 4.11 Å². The normalized spacial score (nSPS) is 11.6. The molecule has 0 saturated carbocycles. The predicted molar refractivity (Wildman–Crippen MR) is 52.4 cm³/mol. The molecule has 3 heteroatoms. The van der Waals surface area contributed by atoms with Gasteiger partial charge in [-0.1, -0.05) is 28.1 Å². The Morgan fingerprint density at radius 1 is 1.18 bits per heavy atom. The van der Waals surface area contributed by atoms with E-state index in [2.05, 4.69) is 15.9 Å². The van der Waals surface area contributed by atoms with Gasteiger partial charge in [-0.3, -0.25) is 0 Å². The van der Waals surface area contributed by atoms with E-state index >= 15 is 0 Å². The number of rotatable bonds is 1. The molecule has 0 atom stereocenters. The summed E-state index contributed by atoms with van der Waals surface area (Å²) < 4.78 is 14.4. The lowest BCUT2D eigenvalue weighted by Crippen LogP contribution is -2.35. The molecule has 0 aliphatic carbocycles. The molecule has 0 bridgehead atoms. The average Bonchev–Trinajstić information content (AvgIpc) is 1.86. The van der Waals surface area contributed by atoms with Crippen LogP contribution in [-0.2, 0) is 0 Å². The Hall–Kier alpha value is -0.153. The summed E-state index contributed by atoms with van der Waals surface area (Å²) in [5.74, 6) is 0. The third-order valence-electron chi connectivity index (χ3n) is 1.53. The molecule has 0 fully saturated rings. The van der Waals surface area contributed by atoms with Gasteiger partial charge >= 0.3 is 0 Å². The van der Waals surface area contributed by atoms with Crippen molar-refractivity contribution in [2.24, 2.45) is 0 Å². The van der Waals surface area contributed by atoms with E-state index < -0.39 is 8.41 Å². The predicted octanol–water partition coefficient (Wildman–Crippen LogP) is 2.83. The molecule has 60 valence electrons. The van der Waals surface area contributed by atoms with Gasteiger partial charge in [-0.25, -0.2) is 0 Å². The zero-order valence-electron chi connectivity index (χ0n) is 6.57. The van der Waals surface area contributed by atoms with Gasteiger partial charge in [0.15, 0.2) is 0 Å². The van der Waals surface area contributed by atoms with Gasteiger partial charge in [0.05, 0.1) is 0 Å². The second-order valence-electron chi connectivity index (χ2n) is 2.98. The van der Waals surface area contributed by atoms with Gasteiger partial charge in [0.25, 0.3) is 8.41 Å². The van der Waals surface area contributed by atoms with E-state index in [1.165, 1.54) is 0 Å². The van der Waals surface area contributed by atoms with Crippen molar-refractivity contribution in [3.8, 4) is 0 Å². The molecule has 0 amide bonds. The van der Waals surface area contributed by atoms with Gasteiger partial charge in [0.2, 0.25) is 0 Å². The lowest BCUT2D eigenvalue weighted by atomic mass is 10.4. The minimum atomic E-state index is -2.58. The number of hydrogen-bond donors (Lipinski definition) is 0. The molecule has 0 aliphatic heterocycles. The Balaban J connectivity index is 2.99. The minimum absolute atomic E-state index is 0.848. The van der Waals surface area contributed by atoms with Gasteiger partial charge < -0.3 is 4.11 Å². The largest absolute Gasteiger partial charge is 0.308 e. The highest BCUT2D eigenvalue weighted by Gasteiger charge is 2.22. The number of halogens is 2. The molecule has 1 aromatic carbocycles. The van der Waals surface area contributed by atoms with Crippen LogP contribution in [0.25, 0.3) is 0 Å². The van der Waals surface area contributed by atoms with E-state index in [1.807, 2.05) is 24.3 Å². The van der Waals surface area contributed by atoms with E-state index in [0.29, 0.717) is 0 Å². The molecule has 0 unspecified atom stereocenters. The SMILES string of the molecule is C[Si](C)(F)c1ccc(Br)cc1. The minimum Gasteiger partial charge on any atom is -0.308 e. The summed E-state index contributed by atoms with van der Waals surface area (Å²) in [7, 11) is -2.58. The van der Waals surface area contributed by atoms with Crippen LogP contribution in [0.4, 0.5) is 4.11 Å². The van der Waals surface area contributed by atoms with Gasteiger partial charge in [-0.2, -0.15) is 0 Å². The van der Waals surface area contributed by atoms with Crippen LogP contribution in [0.3, 0.4) is 0 Å². The van der Waals surface area contributed by atoms with E-state index in [0.717, 1.165) is 9.66 Å². The summed E-state index contributed by atoms with van der Waals surface area (Å²) >= 11 is 3.31. The Labute approximate surface area is 75.7 Å². The van der Waals surface area contributed by atoms with E-state index in [4.69, 9.17) is 0 Å². The van der Waals surface area contributed by atoms with Crippen LogP contribution in [0.1, 0.15) is 0 Å². The summed E-state index contributed by atoms with van der Waals surface area (Å²) in [5.41, 5.74) is 0. The molecule has 1 aromatic rings. The molecular weight excluding hydrogens is 223 g/mol. The molecule has 0 nitrogen and oxygen atoms in total. The second-order valence-corrected chi connectivity index (χ2v) is 7.42. The van der Waals surface area contributed by atoms with Crippen molar-refractivity contribution >= 4 is 29.5 Å². The smallest absolute Gasteiger partial charge is 0.271 e. The molecule has 0 heterocycles. The fourth-order valence-electron chi connectivity index (χ4n) is 0.846. The standard InChI is InChI=1S/C8H10BrFSi/c1-11(2,10)8-5-3-7(9)4-6-8/h3-6H,1-2H3. The summed E-state index contributed by atoms with van der Waals surface area (Å²) in [4.78, 5) is 0. The van der Waals surface area contributed by atoms with Crippen molar-refractivity contribution in [1.82, 2.24) is 0 Å². The van der Waals surface area contributed by atoms with Crippen LogP contribution in [0.2, 0.25) is 13.1 Å². The Morgan fingerprint density at radius 2 is 1.64 bits per heavy atom. The van der Waals surface area contributed by atoms with Crippen LogP contribution in [0.15, 0.2) is 28.7 Å². The molecule has 0 aliphatic rings. The summed E-state index contributed by atoms with van der Waals surface area (Å²) in [6.07, 6.45) is 0. The van der Waals surface area contributed by atoms with Crippen molar-refractivity contribution in [2.45, 2.75) is 13.1 Å². The molecule has 1 rings (SSSR count). The first-order chi connectivity index (χ1) is 5.00. The van der Waals surface area contributed by atoms with Crippen molar-refractivity contribution in [2.75, 3.05) is 0 Å². The molecule has 0 saturated heterocycles. The highest BCUT2D eigenvalue weighted by Crippen LogP contribution is 2.09. The lowest BCUT2D eigenvalue weighted by molar-refractivity contribution is 0.822. The molecule has 0 N–H and O–H groups in total. The maximum atomic E-state index is 13.4. The quantitative estimate of drug-likeness (QED) is 0.517. The number of benzene rings is 1. The third kappa shape index (κ3) is 2.41. The molecular formula is C8H10BrFSi. The summed E-state index contributed by atoms with van der Waals surface area (Å²) in [5, 5.41) is 0.848. The highest BCUT2D eigenvalue weighted by atomic mass is 79.9. The Bertz CT molecular complexity index is 237. The van der Waals surface area contributed by atoms with Gasteiger partial charge in [-0.05, 0) is 30.4 Å². The van der Waals surface area contributed by atoms with Crippen LogP contribution in [-0.4, -0.2) is 8.41 Å². The first-order valence-corrected chi connectivity index (χ1v) is 7.12. The van der Waals surface area contributed by atoms with Crippen LogP contribution >= 0.6 is 15.9 Å². The third-order valence-corrected chi connectivity index (χ3v) is 3.77. The van der Waals surface area contributed by atoms with Crippen molar-refractivity contribution in [1.29, 1.82) is 0 Å². The van der Waals surface area contributed by atoms with E-state index in [1.54, 1.807) is 13.1 Å². The summed E-state index contributed by atoms with van der Waals surface area (Å²) in [6.45, 7) is 3.38. The van der Waals surface area contributed by atoms with Crippen molar-refractivity contribution in [3.63, 3.8) is 0 Å². The van der Waals surface area contributed by atoms with Crippen LogP contribution in [0.5, 0.6) is 0 Å². The van der Waals surface area contributed by atoms with Gasteiger partial charge in [0.1, 0.15) is 0 Å². The molecule has 0 spiro atoms. The monoisotopic (exact) mass is 232 g/mol. The van der Waals surface area contributed by atoms with Crippen LogP contribution in [0, 0.1) is 0 Å². The summed E-state index contributed by atoms with van der Waals surface area (Å²) in [6, 6.07) is 7.44. The van der Waals surface area contributed by atoms with Crippen LogP contribution < -0.4 is 5.19 Å². The second kappa shape index (κ2) is 3.07.